The van der Waals surface area contributed by atoms with Gasteiger partial charge in [0, 0.05) is 11.3 Å². The van der Waals surface area contributed by atoms with Gasteiger partial charge in [-0.05, 0) is 25.1 Å². The molecule has 4 N–H and O–H groups in total. The zero-order valence-electron chi connectivity index (χ0n) is 9.54. The normalized spacial score (nSPS) is 10.2. The molecule has 0 radical (unpaired) electrons. The lowest BCUT2D eigenvalue weighted by Gasteiger charge is -2.11. The molecule has 2 aromatic rings. The number of nitrogen functional groups attached to an aromatic ring is 1. The Morgan fingerprint density at radius 1 is 1.28 bits per heavy atom. The Bertz CT molecular complexity index is 575. The van der Waals surface area contributed by atoms with E-state index in [9.17, 15) is 4.39 Å². The standard InChI is InChI=1S/C11H11ClFN5/c1-6-10(15-5-16-11(6)18-14)17-7-2-3-8(12)9(13)4-7/h2-5H,14H2,1H3,(H2,15,16,17,18). The summed E-state index contributed by atoms with van der Waals surface area (Å²) in [6.07, 6.45) is 1.36. The predicted octanol–water partition coefficient (Wildman–Crippen LogP) is 2.61. The molecule has 1 heterocycles. The van der Waals surface area contributed by atoms with Gasteiger partial charge < -0.3 is 10.7 Å². The average molecular weight is 268 g/mol. The van der Waals surface area contributed by atoms with Crippen LogP contribution in [0.1, 0.15) is 5.56 Å². The van der Waals surface area contributed by atoms with Gasteiger partial charge in [-0.1, -0.05) is 11.6 Å². The first kappa shape index (κ1) is 12.5. The largest absolute Gasteiger partial charge is 0.340 e. The molecule has 0 unspecified atom stereocenters. The Kier molecular flexibility index (Phi) is 3.59. The van der Waals surface area contributed by atoms with Crippen molar-refractivity contribution in [2.75, 3.05) is 10.7 Å². The van der Waals surface area contributed by atoms with Crippen LogP contribution in [-0.2, 0) is 0 Å². The van der Waals surface area contributed by atoms with Crippen LogP contribution in [0.4, 0.5) is 21.7 Å². The molecule has 0 bridgehead atoms. The number of hydrogen-bond acceptors (Lipinski definition) is 5. The Balaban J connectivity index is 2.31. The number of rotatable bonds is 3. The van der Waals surface area contributed by atoms with Crippen molar-refractivity contribution in [2.24, 2.45) is 5.84 Å². The van der Waals surface area contributed by atoms with Crippen molar-refractivity contribution >= 4 is 28.9 Å². The summed E-state index contributed by atoms with van der Waals surface area (Å²) in [6, 6.07) is 4.42. The molecule has 0 fully saturated rings. The molecular weight excluding hydrogens is 257 g/mol. The summed E-state index contributed by atoms with van der Waals surface area (Å²) >= 11 is 5.61. The number of benzene rings is 1. The van der Waals surface area contributed by atoms with Crippen molar-refractivity contribution < 1.29 is 4.39 Å². The second-order valence-corrected chi connectivity index (χ2v) is 4.00. The van der Waals surface area contributed by atoms with Crippen molar-refractivity contribution in [3.63, 3.8) is 0 Å². The molecule has 2 rings (SSSR count). The third-order valence-electron chi connectivity index (χ3n) is 2.40. The molecule has 1 aromatic heterocycles. The highest BCUT2D eigenvalue weighted by atomic mass is 35.5. The van der Waals surface area contributed by atoms with E-state index in [0.29, 0.717) is 17.3 Å². The zero-order valence-corrected chi connectivity index (χ0v) is 10.3. The second kappa shape index (κ2) is 5.16. The van der Waals surface area contributed by atoms with Crippen molar-refractivity contribution in [1.29, 1.82) is 0 Å². The number of anilines is 3. The monoisotopic (exact) mass is 267 g/mol. The van der Waals surface area contributed by atoms with Gasteiger partial charge in [-0.15, -0.1) is 0 Å². The molecule has 18 heavy (non-hydrogen) atoms. The van der Waals surface area contributed by atoms with E-state index in [1.54, 1.807) is 13.0 Å². The number of aromatic nitrogens is 2. The van der Waals surface area contributed by atoms with Crippen molar-refractivity contribution in [2.45, 2.75) is 6.92 Å². The number of hydrazine groups is 1. The quantitative estimate of drug-likeness (QED) is 0.589. The maximum atomic E-state index is 13.3. The van der Waals surface area contributed by atoms with Gasteiger partial charge in [0.25, 0.3) is 0 Å². The van der Waals surface area contributed by atoms with Gasteiger partial charge in [0.1, 0.15) is 23.8 Å². The summed E-state index contributed by atoms with van der Waals surface area (Å²) in [7, 11) is 0. The Labute approximate surface area is 108 Å². The fourth-order valence-electron chi connectivity index (χ4n) is 1.43. The minimum atomic E-state index is -0.495. The number of halogens is 2. The zero-order chi connectivity index (χ0) is 13.1. The van der Waals surface area contributed by atoms with Crippen LogP contribution in [0.25, 0.3) is 0 Å². The van der Waals surface area contributed by atoms with Crippen LogP contribution in [0.2, 0.25) is 5.02 Å². The molecule has 0 saturated heterocycles. The van der Waals surface area contributed by atoms with E-state index in [4.69, 9.17) is 17.4 Å². The van der Waals surface area contributed by atoms with E-state index in [1.165, 1.54) is 18.5 Å². The van der Waals surface area contributed by atoms with Crippen LogP contribution in [0.5, 0.6) is 0 Å². The van der Waals surface area contributed by atoms with E-state index in [0.717, 1.165) is 5.56 Å². The van der Waals surface area contributed by atoms with Gasteiger partial charge in [0.15, 0.2) is 0 Å². The molecule has 94 valence electrons. The van der Waals surface area contributed by atoms with Gasteiger partial charge in [-0.3, -0.25) is 0 Å². The Morgan fingerprint density at radius 2 is 2.00 bits per heavy atom. The first-order valence-electron chi connectivity index (χ1n) is 5.12. The fraction of sp³-hybridized carbons (Fsp3) is 0.0909. The van der Waals surface area contributed by atoms with Crippen LogP contribution in [0, 0.1) is 12.7 Å². The predicted molar refractivity (Wildman–Crippen MR) is 69.3 cm³/mol. The van der Waals surface area contributed by atoms with E-state index < -0.39 is 5.82 Å². The van der Waals surface area contributed by atoms with E-state index in [2.05, 4.69) is 20.7 Å². The summed E-state index contributed by atoms with van der Waals surface area (Å²) < 4.78 is 13.3. The second-order valence-electron chi connectivity index (χ2n) is 3.59. The maximum Gasteiger partial charge on any atom is 0.148 e. The summed E-state index contributed by atoms with van der Waals surface area (Å²) in [4.78, 5) is 8.01. The minimum absolute atomic E-state index is 0.0734. The molecule has 0 saturated carbocycles. The Morgan fingerprint density at radius 3 is 2.67 bits per heavy atom. The highest BCUT2D eigenvalue weighted by molar-refractivity contribution is 6.30. The Hall–Kier alpha value is -1.92. The number of nitrogens with zero attached hydrogens (tertiary/aromatic N) is 2. The molecule has 0 amide bonds. The van der Waals surface area contributed by atoms with Gasteiger partial charge in [0.05, 0.1) is 5.02 Å². The third kappa shape index (κ3) is 2.49. The smallest absolute Gasteiger partial charge is 0.148 e. The van der Waals surface area contributed by atoms with Crippen LogP contribution in [0.15, 0.2) is 24.5 Å². The molecule has 0 aliphatic rings. The first-order chi connectivity index (χ1) is 8.61. The van der Waals surface area contributed by atoms with Crippen LogP contribution in [-0.4, -0.2) is 9.97 Å². The third-order valence-corrected chi connectivity index (χ3v) is 2.71. The summed E-state index contributed by atoms with van der Waals surface area (Å²) in [6.45, 7) is 1.80. The van der Waals surface area contributed by atoms with Crippen molar-refractivity contribution in [3.05, 3.63) is 40.9 Å². The van der Waals surface area contributed by atoms with Crippen molar-refractivity contribution in [3.8, 4) is 0 Å². The minimum Gasteiger partial charge on any atom is -0.340 e. The maximum absolute atomic E-state index is 13.3. The average Bonchev–Trinajstić information content (AvgIpc) is 2.36. The van der Waals surface area contributed by atoms with Gasteiger partial charge in [-0.2, -0.15) is 0 Å². The van der Waals surface area contributed by atoms with E-state index >= 15 is 0 Å². The number of nitrogens with two attached hydrogens (primary N) is 1. The van der Waals surface area contributed by atoms with Crippen LogP contribution in [0.3, 0.4) is 0 Å². The molecule has 0 spiro atoms. The topological polar surface area (TPSA) is 75.9 Å². The molecular formula is C11H11ClFN5. The van der Waals surface area contributed by atoms with Gasteiger partial charge >= 0.3 is 0 Å². The van der Waals surface area contributed by atoms with Crippen LogP contribution >= 0.6 is 11.6 Å². The molecule has 5 nitrogen and oxygen atoms in total. The lowest BCUT2D eigenvalue weighted by atomic mass is 10.2. The SMILES string of the molecule is Cc1c(NN)ncnc1Nc1ccc(Cl)c(F)c1. The highest BCUT2D eigenvalue weighted by Gasteiger charge is 2.07. The summed E-state index contributed by atoms with van der Waals surface area (Å²) in [5.41, 5.74) is 3.73. The molecule has 0 aliphatic heterocycles. The van der Waals surface area contributed by atoms with Gasteiger partial charge in [-0.25, -0.2) is 20.2 Å². The lowest BCUT2D eigenvalue weighted by Crippen LogP contribution is -2.11. The number of hydrogen-bond donors (Lipinski definition) is 3. The molecule has 0 atom stereocenters. The van der Waals surface area contributed by atoms with Crippen molar-refractivity contribution in [1.82, 2.24) is 9.97 Å². The molecule has 1 aromatic carbocycles. The van der Waals surface area contributed by atoms with Gasteiger partial charge in [0.2, 0.25) is 0 Å². The highest BCUT2D eigenvalue weighted by Crippen LogP contribution is 2.24. The number of nitrogens with one attached hydrogen (secondary N) is 2. The molecule has 7 heteroatoms. The summed E-state index contributed by atoms with van der Waals surface area (Å²) in [5.74, 6) is 5.86. The van der Waals surface area contributed by atoms with Crippen LogP contribution < -0.4 is 16.6 Å². The first-order valence-corrected chi connectivity index (χ1v) is 5.50. The fourth-order valence-corrected chi connectivity index (χ4v) is 1.55. The van der Waals surface area contributed by atoms with E-state index in [-0.39, 0.29) is 5.02 Å². The lowest BCUT2D eigenvalue weighted by molar-refractivity contribution is 0.629. The van der Waals surface area contributed by atoms with E-state index in [1.807, 2.05) is 0 Å². The molecule has 0 aliphatic carbocycles. The summed E-state index contributed by atoms with van der Waals surface area (Å²) in [5, 5.41) is 3.04.